The molecule has 0 N–H and O–H groups in total. The van der Waals surface area contributed by atoms with E-state index in [1.807, 2.05) is 158 Å². The van der Waals surface area contributed by atoms with Gasteiger partial charge < -0.3 is 9.31 Å². The summed E-state index contributed by atoms with van der Waals surface area (Å²) in [5, 5.41) is 0.600. The van der Waals surface area contributed by atoms with Gasteiger partial charge in [-0.25, -0.2) is 29.9 Å². The van der Waals surface area contributed by atoms with E-state index < -0.39 is 0 Å². The smallest absolute Gasteiger partial charge is 0.399 e. The van der Waals surface area contributed by atoms with Crippen molar-refractivity contribution in [2.45, 2.75) is 127 Å². The molecule has 0 atom stereocenters. The van der Waals surface area contributed by atoms with Gasteiger partial charge in [-0.3, -0.25) is 9.97 Å². The van der Waals surface area contributed by atoms with E-state index in [4.69, 9.17) is 55.8 Å². The van der Waals surface area contributed by atoms with Crippen molar-refractivity contribution in [3.8, 4) is 124 Å². The van der Waals surface area contributed by atoms with Gasteiger partial charge in [0, 0.05) is 73.1 Å². The third kappa shape index (κ3) is 15.1. The fourth-order valence-corrected chi connectivity index (χ4v) is 20.7. The molecule has 0 unspecified atom stereocenters. The van der Waals surface area contributed by atoms with Crippen LogP contribution in [0.5, 0.6) is 0 Å². The highest BCUT2D eigenvalue weighted by Gasteiger charge is 2.54. The molecule has 10 nitrogen and oxygen atoms in total. The molecular weight excluding hydrogens is 1420 g/mol. The summed E-state index contributed by atoms with van der Waals surface area (Å²) in [5.41, 5.74) is 20.5. The SMILES string of the molecule is CC1(C)OB(c2ccc(C34CC5CC(CC(C5)C3)C4)cc2)OC1(C)C.Clc1cc(-c2ccc(-c3ccccc3)nc2)cc(-c2nc(-c3ccccc3)nc(-c3ccccc3)n2)c1.c1ccc(-c2ccc(-c3cc(-c4ccc(C56CC7CC(CC(C7)C5)C6)cc4)cc(-c4nc(-c5ccccc5)nc(-c5ccccc5)n4)c3)cn2)cc1. The van der Waals surface area contributed by atoms with E-state index in [1.54, 1.807) is 11.1 Å². The Balaban J connectivity index is 0.000000122. The molecule has 1 aliphatic heterocycles. The number of pyridine rings is 2. The average molecular weight is 1510 g/mol. The van der Waals surface area contributed by atoms with E-state index >= 15 is 0 Å². The highest BCUT2D eigenvalue weighted by molar-refractivity contribution is 6.62. The summed E-state index contributed by atoms with van der Waals surface area (Å²) < 4.78 is 12.4. The van der Waals surface area contributed by atoms with Gasteiger partial charge in [0.1, 0.15) is 0 Å². The van der Waals surface area contributed by atoms with Gasteiger partial charge in [-0.15, -0.1) is 0 Å². The molecule has 1 saturated heterocycles. The normalized spacial score (nSPS) is 22.3. The van der Waals surface area contributed by atoms with Crippen LogP contribution < -0.4 is 5.46 Å². The molecule has 4 aromatic heterocycles. The van der Waals surface area contributed by atoms with Gasteiger partial charge >= 0.3 is 7.12 Å². The van der Waals surface area contributed by atoms with Crippen LogP contribution in [0.4, 0.5) is 0 Å². The fraction of sp³-hybridized carbons (Fsp3) is 0.255. The lowest BCUT2D eigenvalue weighted by Gasteiger charge is -2.57. The Labute approximate surface area is 675 Å². The van der Waals surface area contributed by atoms with Gasteiger partial charge in [-0.05, 0) is 238 Å². The van der Waals surface area contributed by atoms with Gasteiger partial charge in [0.15, 0.2) is 34.9 Å². The first-order valence-electron chi connectivity index (χ1n) is 40.9. The van der Waals surface area contributed by atoms with E-state index in [2.05, 4.69) is 178 Å². The number of rotatable bonds is 14. The maximum atomic E-state index is 6.60. The number of nitrogens with zero attached hydrogens (tertiary/aromatic N) is 8. The highest BCUT2D eigenvalue weighted by Crippen LogP contribution is 2.62. The second-order valence-electron chi connectivity index (χ2n) is 34.4. The summed E-state index contributed by atoms with van der Waals surface area (Å²) in [4.78, 5) is 39.2. The summed E-state index contributed by atoms with van der Waals surface area (Å²) in [7, 11) is -0.240. The Morgan fingerprint density at radius 3 is 0.860 bits per heavy atom. The van der Waals surface area contributed by atoms with Gasteiger partial charge in [0.05, 0.1) is 22.6 Å². The maximum absolute atomic E-state index is 6.60. The van der Waals surface area contributed by atoms with E-state index in [0.717, 1.165) is 125 Å². The molecule has 12 heteroatoms. The molecule has 23 rings (SSSR count). The summed E-state index contributed by atoms with van der Waals surface area (Å²) in [6, 6.07) is 101. The number of aromatic nitrogens is 8. The molecule has 0 spiro atoms. The number of halogens is 1. The van der Waals surface area contributed by atoms with E-state index in [1.165, 1.54) is 82.6 Å². The minimum Gasteiger partial charge on any atom is -0.399 e. The molecule has 10 aromatic carbocycles. The monoisotopic (exact) mass is 1510 g/mol. The zero-order valence-corrected chi connectivity index (χ0v) is 65.9. The van der Waals surface area contributed by atoms with E-state index in [-0.39, 0.29) is 18.3 Å². The van der Waals surface area contributed by atoms with Crippen molar-refractivity contribution in [3.05, 3.63) is 320 Å². The Morgan fingerprint density at radius 1 is 0.272 bits per heavy atom. The second kappa shape index (κ2) is 30.6. The van der Waals surface area contributed by atoms with Crippen molar-refractivity contribution in [2.24, 2.45) is 35.5 Å². The van der Waals surface area contributed by atoms with Crippen LogP contribution in [0.15, 0.2) is 304 Å². The minimum absolute atomic E-state index is 0.240. The Morgan fingerprint density at radius 2 is 0.535 bits per heavy atom. The van der Waals surface area contributed by atoms with Crippen LogP contribution in [-0.4, -0.2) is 58.2 Å². The first-order valence-corrected chi connectivity index (χ1v) is 41.3. The Bertz CT molecular complexity index is 5540. The predicted octanol–water partition coefficient (Wildman–Crippen LogP) is 24.4. The Hall–Kier alpha value is -11.2. The number of benzene rings is 10. The molecule has 14 aromatic rings. The molecule has 8 bridgehead atoms. The highest BCUT2D eigenvalue weighted by atomic mass is 35.5. The molecule has 9 fully saturated rings. The van der Waals surface area contributed by atoms with Crippen LogP contribution in [0, 0.1) is 35.5 Å². The molecule has 8 aliphatic carbocycles. The summed E-state index contributed by atoms with van der Waals surface area (Å²) in [6.07, 6.45) is 21.1. The number of hydrogen-bond acceptors (Lipinski definition) is 10. The van der Waals surface area contributed by atoms with Crippen LogP contribution in [0.3, 0.4) is 0 Å². The third-order valence-electron chi connectivity index (χ3n) is 26.0. The molecule has 0 amide bonds. The van der Waals surface area contributed by atoms with Crippen molar-refractivity contribution >= 4 is 24.2 Å². The first kappa shape index (κ1) is 73.0. The summed E-state index contributed by atoms with van der Waals surface area (Å²) >= 11 is 6.60. The molecule has 8 saturated carbocycles. The van der Waals surface area contributed by atoms with Gasteiger partial charge in [-0.2, -0.15) is 0 Å². The topological polar surface area (TPSA) is 122 Å². The van der Waals surface area contributed by atoms with Crippen molar-refractivity contribution < 1.29 is 9.31 Å². The van der Waals surface area contributed by atoms with Crippen molar-refractivity contribution in [3.63, 3.8) is 0 Å². The second-order valence-corrected chi connectivity index (χ2v) is 34.8. The van der Waals surface area contributed by atoms with E-state index in [0.29, 0.717) is 50.8 Å². The average Bonchev–Trinajstić information content (AvgIpc) is 0.766. The molecule has 9 aliphatic rings. The third-order valence-corrected chi connectivity index (χ3v) is 26.3. The zero-order chi connectivity index (χ0) is 77.0. The standard InChI is InChI=1S/C48H40N4.C32H21ClN4.C22H31BO2/c1-4-10-36(11-5-1)44-21-18-39(31-49-44)41-25-40(35-16-19-43(20-17-35)48-28-32-22-33(29-48)24-34(23-32)30-48)26-42(27-41)47-51-45(37-12-6-2-7-13-37)50-46(52-47)38-14-8-3-9-15-38;33-28-19-26(25-16-17-29(34-21-25)22-10-4-1-5-11-22)18-27(20-28)32-36-30(23-12-6-2-7-13-23)35-31(37-32)24-14-8-3-9-15-24;1-20(2)21(3,4)25-23(24-20)19-7-5-18(6-8-19)22-12-15-9-16(13-22)11-17(10-15)14-22/h1-21,25-27,31-34H,22-24,28-30H2;1-21H;5-8,15-17H,9-14H2,1-4H3. The Kier molecular flexibility index (Phi) is 19.6. The van der Waals surface area contributed by atoms with Crippen LogP contribution in [0.1, 0.15) is 116 Å². The van der Waals surface area contributed by atoms with Crippen molar-refractivity contribution in [1.82, 2.24) is 39.9 Å². The van der Waals surface area contributed by atoms with Crippen molar-refractivity contribution in [1.29, 1.82) is 0 Å². The van der Waals surface area contributed by atoms with Gasteiger partial charge in [0.2, 0.25) is 0 Å². The molecule has 562 valence electrons. The maximum Gasteiger partial charge on any atom is 0.494 e. The van der Waals surface area contributed by atoms with E-state index in [9.17, 15) is 0 Å². The largest absolute Gasteiger partial charge is 0.494 e. The van der Waals surface area contributed by atoms with Crippen molar-refractivity contribution in [2.75, 3.05) is 0 Å². The fourth-order valence-electron chi connectivity index (χ4n) is 20.5. The van der Waals surface area contributed by atoms with Crippen LogP contribution in [0.2, 0.25) is 5.02 Å². The van der Waals surface area contributed by atoms with Gasteiger partial charge in [-0.1, -0.05) is 254 Å². The quantitative estimate of drug-likeness (QED) is 0.0973. The molecule has 0 radical (unpaired) electrons. The lowest BCUT2D eigenvalue weighted by Crippen LogP contribution is -2.48. The van der Waals surface area contributed by atoms with Gasteiger partial charge in [0.25, 0.3) is 0 Å². The predicted molar refractivity (Wildman–Crippen MR) is 462 cm³/mol. The lowest BCUT2D eigenvalue weighted by atomic mass is 9.48. The van der Waals surface area contributed by atoms with Crippen LogP contribution in [-0.2, 0) is 20.1 Å². The molecule has 114 heavy (non-hydrogen) atoms. The molecule has 5 heterocycles. The number of hydrogen-bond donors (Lipinski definition) is 0. The lowest BCUT2D eigenvalue weighted by molar-refractivity contribution is -0.00530. The first-order chi connectivity index (χ1) is 55.6. The van der Waals surface area contributed by atoms with Crippen LogP contribution >= 0.6 is 11.6 Å². The molecular formula is C102H92BClN8O2. The summed E-state index contributed by atoms with van der Waals surface area (Å²) in [6.45, 7) is 8.49. The summed E-state index contributed by atoms with van der Waals surface area (Å²) in [5.74, 6) is 9.50. The minimum atomic E-state index is -0.268. The zero-order valence-electron chi connectivity index (χ0n) is 65.2. The van der Waals surface area contributed by atoms with Crippen LogP contribution in [0.25, 0.3) is 124 Å².